The van der Waals surface area contributed by atoms with E-state index in [1.807, 2.05) is 32.1 Å². The lowest BCUT2D eigenvalue weighted by atomic mass is 10.1. The van der Waals surface area contributed by atoms with E-state index >= 15 is 0 Å². The normalized spacial score (nSPS) is 12.0. The SMILES string of the molecule is C=CC=CC(=CC)C(=C)C. The van der Waals surface area contributed by atoms with Gasteiger partial charge in [-0.25, -0.2) is 0 Å². The summed E-state index contributed by atoms with van der Waals surface area (Å²) in [7, 11) is 0. The standard InChI is InChI=1S/C10H14/c1-5-7-8-10(6-2)9(3)4/h5-8H,1,3H2,2,4H3. The van der Waals surface area contributed by atoms with Gasteiger partial charge < -0.3 is 0 Å². The third-order valence-corrected chi connectivity index (χ3v) is 1.22. The molecular formula is C10H14. The molecule has 0 rings (SSSR count). The van der Waals surface area contributed by atoms with Crippen molar-refractivity contribution in [1.82, 2.24) is 0 Å². The van der Waals surface area contributed by atoms with Crippen LogP contribution in [0.2, 0.25) is 0 Å². The zero-order valence-electron chi connectivity index (χ0n) is 6.72. The second-order valence-corrected chi connectivity index (χ2v) is 2.12. The van der Waals surface area contributed by atoms with Crippen molar-refractivity contribution in [3.63, 3.8) is 0 Å². The van der Waals surface area contributed by atoms with E-state index < -0.39 is 0 Å². The highest BCUT2D eigenvalue weighted by molar-refractivity contribution is 5.36. The fourth-order valence-corrected chi connectivity index (χ4v) is 0.657. The number of rotatable bonds is 3. The molecule has 0 N–H and O–H groups in total. The van der Waals surface area contributed by atoms with E-state index in [9.17, 15) is 0 Å². The molecule has 0 aliphatic rings. The second-order valence-electron chi connectivity index (χ2n) is 2.12. The van der Waals surface area contributed by atoms with Gasteiger partial charge in [0.15, 0.2) is 0 Å². The summed E-state index contributed by atoms with van der Waals surface area (Å²) in [5, 5.41) is 0. The molecular weight excluding hydrogens is 120 g/mol. The van der Waals surface area contributed by atoms with Gasteiger partial charge in [0.1, 0.15) is 0 Å². The van der Waals surface area contributed by atoms with Gasteiger partial charge in [-0.2, -0.15) is 0 Å². The van der Waals surface area contributed by atoms with Gasteiger partial charge in [0, 0.05) is 0 Å². The highest BCUT2D eigenvalue weighted by Crippen LogP contribution is 2.07. The van der Waals surface area contributed by atoms with Crippen LogP contribution in [-0.4, -0.2) is 0 Å². The number of hydrogen-bond acceptors (Lipinski definition) is 0. The molecule has 10 heavy (non-hydrogen) atoms. The zero-order valence-corrected chi connectivity index (χ0v) is 6.72. The lowest BCUT2D eigenvalue weighted by Crippen LogP contribution is -1.75. The highest BCUT2D eigenvalue weighted by Gasteiger charge is 1.86. The molecule has 0 fully saturated rings. The molecule has 0 heteroatoms. The molecule has 0 spiro atoms. The van der Waals surface area contributed by atoms with Crippen molar-refractivity contribution in [1.29, 1.82) is 0 Å². The Bertz CT molecular complexity index is 180. The first kappa shape index (κ1) is 8.96. The van der Waals surface area contributed by atoms with Gasteiger partial charge in [-0.15, -0.1) is 0 Å². The van der Waals surface area contributed by atoms with Crippen LogP contribution in [-0.2, 0) is 0 Å². The summed E-state index contributed by atoms with van der Waals surface area (Å²) in [5.41, 5.74) is 2.25. The van der Waals surface area contributed by atoms with Gasteiger partial charge in [0.25, 0.3) is 0 Å². The van der Waals surface area contributed by atoms with Crippen LogP contribution in [0.4, 0.5) is 0 Å². The summed E-state index contributed by atoms with van der Waals surface area (Å²) in [4.78, 5) is 0. The molecule has 0 aliphatic heterocycles. The van der Waals surface area contributed by atoms with Crippen molar-refractivity contribution < 1.29 is 0 Å². The molecule has 0 aromatic heterocycles. The third kappa shape index (κ3) is 3.08. The monoisotopic (exact) mass is 134 g/mol. The molecule has 0 aliphatic carbocycles. The first-order chi connectivity index (χ1) is 4.72. The number of allylic oxidation sites excluding steroid dienone is 6. The minimum atomic E-state index is 1.08. The molecule has 0 bridgehead atoms. The maximum atomic E-state index is 3.83. The maximum Gasteiger partial charge on any atom is -0.0276 e. The van der Waals surface area contributed by atoms with Crippen LogP contribution >= 0.6 is 0 Å². The predicted molar refractivity (Wildman–Crippen MR) is 47.9 cm³/mol. The molecule has 0 saturated carbocycles. The van der Waals surface area contributed by atoms with E-state index in [0.717, 1.165) is 5.57 Å². The Balaban J connectivity index is 4.25. The smallest absolute Gasteiger partial charge is 0.0276 e. The van der Waals surface area contributed by atoms with Crippen LogP contribution in [0.25, 0.3) is 0 Å². The fraction of sp³-hybridized carbons (Fsp3) is 0.200. The van der Waals surface area contributed by atoms with E-state index in [4.69, 9.17) is 0 Å². The summed E-state index contributed by atoms with van der Waals surface area (Å²) < 4.78 is 0. The molecule has 0 aromatic rings. The molecule has 0 saturated heterocycles. The summed E-state index contributed by atoms with van der Waals surface area (Å²) in [6, 6.07) is 0. The van der Waals surface area contributed by atoms with Gasteiger partial charge in [-0.1, -0.05) is 43.0 Å². The van der Waals surface area contributed by atoms with Crippen molar-refractivity contribution in [2.75, 3.05) is 0 Å². The van der Waals surface area contributed by atoms with Crippen molar-refractivity contribution in [3.8, 4) is 0 Å². The summed E-state index contributed by atoms with van der Waals surface area (Å²) in [6.07, 6.45) is 7.69. The third-order valence-electron chi connectivity index (χ3n) is 1.22. The first-order valence-corrected chi connectivity index (χ1v) is 3.33. The summed E-state index contributed by atoms with van der Waals surface area (Å²) >= 11 is 0. The van der Waals surface area contributed by atoms with Crippen molar-refractivity contribution >= 4 is 0 Å². The Kier molecular flexibility index (Phi) is 4.30. The van der Waals surface area contributed by atoms with Gasteiger partial charge in [-0.05, 0) is 19.4 Å². The molecule has 0 unspecified atom stereocenters. The summed E-state index contributed by atoms with van der Waals surface area (Å²) in [5.74, 6) is 0. The zero-order chi connectivity index (χ0) is 7.98. The largest absolute Gasteiger partial charge is 0.0991 e. The first-order valence-electron chi connectivity index (χ1n) is 3.33. The Hall–Kier alpha value is -1.04. The lowest BCUT2D eigenvalue weighted by Gasteiger charge is -1.96. The number of hydrogen-bond donors (Lipinski definition) is 0. The molecule has 0 amide bonds. The van der Waals surface area contributed by atoms with Gasteiger partial charge in [0.2, 0.25) is 0 Å². The van der Waals surface area contributed by atoms with E-state index in [1.165, 1.54) is 5.57 Å². The average molecular weight is 134 g/mol. The molecule has 0 heterocycles. The van der Waals surface area contributed by atoms with Crippen molar-refractivity contribution in [3.05, 3.63) is 48.6 Å². The van der Waals surface area contributed by atoms with Crippen LogP contribution in [0.3, 0.4) is 0 Å². The van der Waals surface area contributed by atoms with Gasteiger partial charge in [0.05, 0.1) is 0 Å². The Labute approximate surface area is 63.3 Å². The molecule has 0 nitrogen and oxygen atoms in total. The molecule has 0 radical (unpaired) electrons. The van der Waals surface area contributed by atoms with Crippen LogP contribution in [0.5, 0.6) is 0 Å². The molecule has 54 valence electrons. The maximum absolute atomic E-state index is 3.83. The van der Waals surface area contributed by atoms with E-state index in [-0.39, 0.29) is 0 Å². The van der Waals surface area contributed by atoms with Crippen molar-refractivity contribution in [2.24, 2.45) is 0 Å². The van der Waals surface area contributed by atoms with E-state index in [1.54, 1.807) is 6.08 Å². The Morgan fingerprint density at radius 1 is 1.40 bits per heavy atom. The lowest BCUT2D eigenvalue weighted by molar-refractivity contribution is 1.43. The van der Waals surface area contributed by atoms with Crippen LogP contribution in [0.15, 0.2) is 48.6 Å². The minimum Gasteiger partial charge on any atom is -0.0991 e. The van der Waals surface area contributed by atoms with Gasteiger partial charge in [-0.3, -0.25) is 0 Å². The molecule has 0 atom stereocenters. The van der Waals surface area contributed by atoms with Crippen molar-refractivity contribution in [2.45, 2.75) is 13.8 Å². The van der Waals surface area contributed by atoms with E-state index in [2.05, 4.69) is 13.2 Å². The quantitative estimate of drug-likeness (QED) is 0.520. The topological polar surface area (TPSA) is 0 Å². The average Bonchev–Trinajstić information content (AvgIpc) is 1.89. The van der Waals surface area contributed by atoms with Crippen LogP contribution in [0, 0.1) is 0 Å². The van der Waals surface area contributed by atoms with Crippen LogP contribution in [0.1, 0.15) is 13.8 Å². The Morgan fingerprint density at radius 2 is 2.00 bits per heavy atom. The molecule has 0 aromatic carbocycles. The highest BCUT2D eigenvalue weighted by atomic mass is 13.9. The second kappa shape index (κ2) is 4.80. The van der Waals surface area contributed by atoms with Crippen LogP contribution < -0.4 is 0 Å². The van der Waals surface area contributed by atoms with Gasteiger partial charge >= 0.3 is 0 Å². The minimum absolute atomic E-state index is 1.08. The van der Waals surface area contributed by atoms with E-state index in [0.29, 0.717) is 0 Å². The Morgan fingerprint density at radius 3 is 2.30 bits per heavy atom. The predicted octanol–water partition coefficient (Wildman–Crippen LogP) is 3.25. The fourth-order valence-electron chi connectivity index (χ4n) is 0.657. The summed E-state index contributed by atoms with van der Waals surface area (Å²) in [6.45, 7) is 11.4.